The van der Waals surface area contributed by atoms with Gasteiger partial charge in [0, 0.05) is 57.8 Å². The van der Waals surface area contributed by atoms with E-state index in [1.165, 1.54) is 0 Å². The summed E-state index contributed by atoms with van der Waals surface area (Å²) >= 11 is 13.0. The van der Waals surface area contributed by atoms with Gasteiger partial charge in [-0.3, -0.25) is 29.8 Å². The van der Waals surface area contributed by atoms with Crippen molar-refractivity contribution in [3.8, 4) is 20.9 Å². The van der Waals surface area contributed by atoms with Crippen LogP contribution in [0.5, 0.6) is 0 Å². The van der Waals surface area contributed by atoms with E-state index in [-0.39, 0.29) is 23.6 Å². The van der Waals surface area contributed by atoms with Gasteiger partial charge < -0.3 is 20.4 Å². The van der Waals surface area contributed by atoms with Crippen LogP contribution in [0.3, 0.4) is 0 Å². The Balaban J connectivity index is 0.000000157. The Morgan fingerprint density at radius 2 is 1.10 bits per heavy atom. The summed E-state index contributed by atoms with van der Waals surface area (Å²) in [5, 5.41) is 11.4. The minimum absolute atomic E-state index is 0.0716. The van der Waals surface area contributed by atoms with Gasteiger partial charge in [0.15, 0.2) is 10.2 Å². The van der Waals surface area contributed by atoms with E-state index >= 15 is 0 Å². The Morgan fingerprint density at radius 3 is 1.64 bits per heavy atom. The first-order valence-corrected chi connectivity index (χ1v) is 18.1. The third-order valence-electron chi connectivity index (χ3n) is 8.64. The van der Waals surface area contributed by atoms with Crippen molar-refractivity contribution in [3.05, 3.63) is 104 Å². The Morgan fingerprint density at radius 1 is 0.600 bits per heavy atom. The summed E-state index contributed by atoms with van der Waals surface area (Å²) in [6.45, 7) is 1.51. The molecular formula is C36H30N6O4S4. The molecule has 252 valence electrons. The van der Waals surface area contributed by atoms with Gasteiger partial charge >= 0.3 is 0 Å². The molecule has 0 bridgehead atoms. The lowest BCUT2D eigenvalue weighted by Crippen LogP contribution is -2.34. The molecule has 0 atom stereocenters. The third-order valence-corrected chi connectivity index (χ3v) is 11.2. The number of nitrogens with zero attached hydrogens (tertiary/aromatic N) is 2. The number of benzene rings is 2. The lowest BCUT2D eigenvalue weighted by atomic mass is 9.96. The van der Waals surface area contributed by atoms with E-state index in [9.17, 15) is 19.2 Å². The van der Waals surface area contributed by atoms with Crippen molar-refractivity contribution in [2.45, 2.75) is 12.8 Å². The SMILES string of the molecule is CN1CCc2cc(-c3ccc(/C=C4\NC(=S)NC4=O)s3)ccc2C1=O.CN1CCc2ccc(-c3ccc(/C=C4\NC(=S)NC4=O)s3)cc2C1=O. The van der Waals surface area contributed by atoms with Gasteiger partial charge in [0.2, 0.25) is 0 Å². The molecule has 0 aliphatic carbocycles. The normalized spacial score (nSPS) is 18.4. The topological polar surface area (TPSA) is 123 Å². The molecule has 0 unspecified atom stereocenters. The maximum atomic E-state index is 12.4. The van der Waals surface area contributed by atoms with Crippen LogP contribution in [0, 0.1) is 0 Å². The number of carbonyl (C=O) groups excluding carboxylic acids is 4. The van der Waals surface area contributed by atoms with Crippen molar-refractivity contribution < 1.29 is 19.2 Å². The summed E-state index contributed by atoms with van der Waals surface area (Å²) in [5.41, 5.74) is 6.76. The highest BCUT2D eigenvalue weighted by atomic mass is 32.1. The van der Waals surface area contributed by atoms with Gasteiger partial charge in [-0.1, -0.05) is 18.2 Å². The molecule has 10 nitrogen and oxygen atoms in total. The molecule has 8 rings (SSSR count). The van der Waals surface area contributed by atoms with Crippen molar-refractivity contribution in [3.63, 3.8) is 0 Å². The number of hydrogen-bond donors (Lipinski definition) is 4. The van der Waals surface area contributed by atoms with Gasteiger partial charge in [0.1, 0.15) is 11.4 Å². The molecule has 4 aromatic rings. The van der Waals surface area contributed by atoms with Crippen LogP contribution < -0.4 is 21.3 Å². The second kappa shape index (κ2) is 13.7. The molecule has 6 heterocycles. The van der Waals surface area contributed by atoms with Crippen LogP contribution in [0.25, 0.3) is 33.0 Å². The van der Waals surface area contributed by atoms with Crippen molar-refractivity contribution in [1.29, 1.82) is 0 Å². The fraction of sp³-hybridized carbons (Fsp3) is 0.167. The van der Waals surface area contributed by atoms with Crippen LogP contribution in [-0.4, -0.2) is 70.8 Å². The number of fused-ring (bicyclic) bond motifs is 2. The Kier molecular flexibility index (Phi) is 9.18. The van der Waals surface area contributed by atoms with Gasteiger partial charge in [-0.05, 0) is 114 Å². The van der Waals surface area contributed by atoms with Gasteiger partial charge in [-0.2, -0.15) is 0 Å². The van der Waals surface area contributed by atoms with Gasteiger partial charge in [-0.25, -0.2) is 0 Å². The largest absolute Gasteiger partial charge is 0.341 e. The predicted molar refractivity (Wildman–Crippen MR) is 205 cm³/mol. The van der Waals surface area contributed by atoms with Crippen LogP contribution >= 0.6 is 47.1 Å². The minimum Gasteiger partial charge on any atom is -0.341 e. The Hall–Kier alpha value is -5.02. The van der Waals surface area contributed by atoms with Crippen LogP contribution in [0.2, 0.25) is 0 Å². The summed E-state index contributed by atoms with van der Waals surface area (Å²) in [6.07, 6.45) is 5.33. The molecule has 0 saturated carbocycles. The maximum Gasteiger partial charge on any atom is 0.273 e. The van der Waals surface area contributed by atoms with Crippen molar-refractivity contribution in [1.82, 2.24) is 31.1 Å². The quantitative estimate of drug-likeness (QED) is 0.175. The number of amides is 4. The Bertz CT molecular complexity index is 2200. The molecule has 2 saturated heterocycles. The lowest BCUT2D eigenvalue weighted by Gasteiger charge is -2.25. The molecule has 0 spiro atoms. The fourth-order valence-corrected chi connectivity index (χ4v) is 8.22. The van der Waals surface area contributed by atoms with Crippen LogP contribution in [-0.2, 0) is 22.4 Å². The third kappa shape index (κ3) is 6.87. The molecule has 4 N–H and O–H groups in total. The zero-order chi connectivity index (χ0) is 35.1. The van der Waals surface area contributed by atoms with Crippen LogP contribution in [0.15, 0.2) is 72.1 Å². The summed E-state index contributed by atoms with van der Waals surface area (Å²) < 4.78 is 0. The highest BCUT2D eigenvalue weighted by Crippen LogP contribution is 2.33. The van der Waals surface area contributed by atoms with Crippen molar-refractivity contribution in [2.75, 3.05) is 27.2 Å². The first-order valence-electron chi connectivity index (χ1n) is 15.7. The van der Waals surface area contributed by atoms with E-state index < -0.39 is 0 Å². The fourth-order valence-electron chi connectivity index (χ4n) is 5.92. The van der Waals surface area contributed by atoms with Gasteiger partial charge in [0.25, 0.3) is 23.6 Å². The standard InChI is InChI=1S/2C18H15N3O2S2/c1-21-7-6-10-8-11(2-4-13(10)17(21)23)15-5-3-12(25-15)9-14-16(22)20-18(24)19-14;1-21-7-6-10-2-3-11(8-13(10)17(21)23)15-5-4-12(25-15)9-14-16(22)20-18(24)19-14/h2*2-5,8-9H,6-7H2,1H3,(H2,19,20,22,24)/b2*14-9-. The zero-order valence-corrected chi connectivity index (χ0v) is 30.2. The highest BCUT2D eigenvalue weighted by molar-refractivity contribution is 7.80. The van der Waals surface area contributed by atoms with Gasteiger partial charge in [0.05, 0.1) is 0 Å². The number of thiocarbonyl (C=S) groups is 2. The summed E-state index contributed by atoms with van der Waals surface area (Å²) in [4.78, 5) is 55.6. The molecular weight excluding hydrogens is 709 g/mol. The summed E-state index contributed by atoms with van der Waals surface area (Å²) in [6, 6.07) is 20.0. The molecule has 4 aliphatic rings. The number of thiophene rings is 2. The van der Waals surface area contributed by atoms with E-state index in [1.807, 2.05) is 62.6 Å². The molecule has 2 aromatic heterocycles. The van der Waals surface area contributed by atoms with E-state index in [2.05, 4.69) is 33.4 Å². The minimum atomic E-state index is -0.220. The number of nitrogens with one attached hydrogen (secondary N) is 4. The maximum absolute atomic E-state index is 12.4. The summed E-state index contributed by atoms with van der Waals surface area (Å²) in [5.74, 6) is -0.278. The van der Waals surface area contributed by atoms with Crippen LogP contribution in [0.4, 0.5) is 0 Å². The second-order valence-corrected chi connectivity index (χ2v) is 15.1. The first-order chi connectivity index (χ1) is 24.0. The van der Waals surface area contributed by atoms with Crippen molar-refractivity contribution >= 4 is 93.1 Å². The number of rotatable bonds is 4. The average molecular weight is 739 g/mol. The molecule has 2 fully saturated rings. The van der Waals surface area contributed by atoms with Crippen LogP contribution in [0.1, 0.15) is 41.6 Å². The Labute approximate surface area is 306 Å². The predicted octanol–water partition coefficient (Wildman–Crippen LogP) is 4.78. The average Bonchev–Trinajstić information content (AvgIpc) is 3.90. The second-order valence-electron chi connectivity index (χ2n) is 12.0. The molecule has 4 aliphatic heterocycles. The first kappa shape index (κ1) is 33.5. The molecule has 50 heavy (non-hydrogen) atoms. The van der Waals surface area contributed by atoms with E-state index in [1.54, 1.807) is 44.6 Å². The number of likely N-dealkylation sites (N-methyl/N-ethyl adjacent to an activating group) is 2. The molecule has 0 radical (unpaired) electrons. The summed E-state index contributed by atoms with van der Waals surface area (Å²) in [7, 11) is 3.66. The number of carbonyl (C=O) groups is 4. The smallest absolute Gasteiger partial charge is 0.273 e. The molecule has 14 heteroatoms. The van der Waals surface area contributed by atoms with Crippen molar-refractivity contribution in [2.24, 2.45) is 0 Å². The molecule has 4 amide bonds. The van der Waals surface area contributed by atoms with E-state index in [0.29, 0.717) is 21.6 Å². The molecule has 2 aromatic carbocycles. The van der Waals surface area contributed by atoms with E-state index in [4.69, 9.17) is 24.4 Å². The van der Waals surface area contributed by atoms with Gasteiger partial charge in [-0.15, -0.1) is 22.7 Å². The monoisotopic (exact) mass is 738 g/mol. The van der Waals surface area contributed by atoms with E-state index in [0.717, 1.165) is 78.8 Å². The highest BCUT2D eigenvalue weighted by Gasteiger charge is 2.24. The number of hydrogen-bond acceptors (Lipinski definition) is 8. The zero-order valence-electron chi connectivity index (χ0n) is 26.9. The lowest BCUT2D eigenvalue weighted by molar-refractivity contribution is -0.116.